The number of rotatable bonds is 0. The van der Waals surface area contributed by atoms with Gasteiger partial charge in [-0.3, -0.25) is 4.79 Å². The summed E-state index contributed by atoms with van der Waals surface area (Å²) in [5, 5.41) is 0. The summed E-state index contributed by atoms with van der Waals surface area (Å²) >= 11 is 0. The van der Waals surface area contributed by atoms with Crippen LogP contribution in [0.15, 0.2) is 11.1 Å². The van der Waals surface area contributed by atoms with E-state index in [0.717, 1.165) is 19.3 Å². The molecule has 0 heterocycles. The van der Waals surface area contributed by atoms with E-state index >= 15 is 0 Å². The Hall–Kier alpha value is -0.590. The van der Waals surface area contributed by atoms with Crippen molar-refractivity contribution in [1.29, 1.82) is 0 Å². The third-order valence-electron chi connectivity index (χ3n) is 5.00. The Morgan fingerprint density at radius 1 is 1.07 bits per heavy atom. The van der Waals surface area contributed by atoms with Crippen LogP contribution in [0.3, 0.4) is 0 Å². The number of hydrogen-bond donors (Lipinski definition) is 0. The van der Waals surface area contributed by atoms with Crippen molar-refractivity contribution in [2.75, 3.05) is 0 Å². The van der Waals surface area contributed by atoms with E-state index in [4.69, 9.17) is 0 Å². The highest BCUT2D eigenvalue weighted by atomic mass is 16.1. The molecule has 1 heteroatoms. The minimum absolute atomic E-state index is 0.0797. The van der Waals surface area contributed by atoms with Crippen LogP contribution in [-0.2, 0) is 4.79 Å². The summed E-state index contributed by atoms with van der Waals surface area (Å²) in [6.07, 6.45) is 2.97. The van der Waals surface area contributed by atoms with Crippen LogP contribution < -0.4 is 0 Å². The van der Waals surface area contributed by atoms with Gasteiger partial charge in [-0.15, -0.1) is 0 Å². The Kier molecular flexibility index (Phi) is 2.15. The molecular weight excluding hydrogens is 184 g/mol. The number of Topliss-reactive ketones (excluding diaryl/α,β-unsaturated/α-hetero) is 1. The van der Waals surface area contributed by atoms with Crippen LogP contribution in [0.5, 0.6) is 0 Å². The molecule has 0 aromatic rings. The van der Waals surface area contributed by atoms with Crippen molar-refractivity contribution in [3.05, 3.63) is 11.1 Å². The van der Waals surface area contributed by atoms with E-state index in [2.05, 4.69) is 34.6 Å². The molecule has 1 nitrogen and oxygen atoms in total. The van der Waals surface area contributed by atoms with Crippen LogP contribution in [0.4, 0.5) is 0 Å². The predicted octanol–water partition coefficient (Wildman–Crippen LogP) is 3.74. The van der Waals surface area contributed by atoms with Gasteiger partial charge >= 0.3 is 0 Å². The molecule has 0 bridgehead atoms. The van der Waals surface area contributed by atoms with Crippen LogP contribution in [0.1, 0.15) is 53.9 Å². The molecule has 2 aliphatic rings. The van der Waals surface area contributed by atoms with Crippen LogP contribution >= 0.6 is 0 Å². The second-order valence-corrected chi connectivity index (χ2v) is 6.30. The standard InChI is InChI=1S/C14H22O/c1-9-13(2,3)10-7-6-8-11(15)12(10)14(9,4)5/h9H,6-8H2,1-5H3/t9-/m1/s1. The molecule has 15 heavy (non-hydrogen) atoms. The average molecular weight is 206 g/mol. The van der Waals surface area contributed by atoms with E-state index in [0.29, 0.717) is 11.7 Å². The molecule has 0 spiro atoms. The first kappa shape index (κ1) is 10.9. The molecular formula is C14H22O. The molecule has 0 unspecified atom stereocenters. The van der Waals surface area contributed by atoms with Crippen molar-refractivity contribution >= 4 is 5.78 Å². The summed E-state index contributed by atoms with van der Waals surface area (Å²) in [5.74, 6) is 0.982. The van der Waals surface area contributed by atoms with Gasteiger partial charge in [0.2, 0.25) is 0 Å². The fraction of sp³-hybridized carbons (Fsp3) is 0.786. The van der Waals surface area contributed by atoms with Crippen molar-refractivity contribution < 1.29 is 4.79 Å². The van der Waals surface area contributed by atoms with Gasteiger partial charge in [0, 0.05) is 12.0 Å². The maximum atomic E-state index is 12.1. The lowest BCUT2D eigenvalue weighted by atomic mass is 9.69. The zero-order valence-corrected chi connectivity index (χ0v) is 10.6. The SMILES string of the molecule is C[C@@H]1C(C)(C)C2=C(C(=O)CCC2)C1(C)C. The average Bonchev–Trinajstić information content (AvgIpc) is 2.27. The smallest absolute Gasteiger partial charge is 0.159 e. The topological polar surface area (TPSA) is 17.1 Å². The maximum absolute atomic E-state index is 12.1. The van der Waals surface area contributed by atoms with E-state index in [1.165, 1.54) is 11.1 Å². The van der Waals surface area contributed by atoms with Crippen molar-refractivity contribution in [1.82, 2.24) is 0 Å². The van der Waals surface area contributed by atoms with E-state index in [-0.39, 0.29) is 10.8 Å². The Morgan fingerprint density at radius 2 is 1.67 bits per heavy atom. The summed E-state index contributed by atoms with van der Waals surface area (Å²) in [7, 11) is 0. The van der Waals surface area contributed by atoms with E-state index in [9.17, 15) is 4.79 Å². The van der Waals surface area contributed by atoms with Gasteiger partial charge in [0.05, 0.1) is 0 Å². The van der Waals surface area contributed by atoms with Gasteiger partial charge in [0.15, 0.2) is 5.78 Å². The van der Waals surface area contributed by atoms with Crippen molar-refractivity contribution in [3.8, 4) is 0 Å². The van der Waals surface area contributed by atoms with Gasteiger partial charge in [-0.25, -0.2) is 0 Å². The Labute approximate surface area is 92.9 Å². The number of ketones is 1. The summed E-state index contributed by atoms with van der Waals surface area (Å²) in [4.78, 5) is 12.1. The molecule has 0 aromatic carbocycles. The van der Waals surface area contributed by atoms with E-state index in [1.54, 1.807) is 0 Å². The quantitative estimate of drug-likeness (QED) is 0.590. The van der Waals surface area contributed by atoms with Crippen LogP contribution in [0.25, 0.3) is 0 Å². The van der Waals surface area contributed by atoms with Gasteiger partial charge in [-0.05, 0) is 29.6 Å². The predicted molar refractivity (Wildman–Crippen MR) is 62.6 cm³/mol. The Balaban J connectivity index is 2.60. The molecule has 0 radical (unpaired) electrons. The van der Waals surface area contributed by atoms with Gasteiger partial charge in [0.25, 0.3) is 0 Å². The Bertz CT molecular complexity index is 344. The zero-order valence-electron chi connectivity index (χ0n) is 10.6. The third kappa shape index (κ3) is 1.25. The fourth-order valence-corrected chi connectivity index (χ4v) is 3.62. The van der Waals surface area contributed by atoms with Gasteiger partial charge < -0.3 is 0 Å². The molecule has 0 amide bonds. The summed E-state index contributed by atoms with van der Waals surface area (Å²) in [6, 6.07) is 0. The molecule has 0 saturated heterocycles. The second-order valence-electron chi connectivity index (χ2n) is 6.30. The van der Waals surface area contributed by atoms with Gasteiger partial charge in [-0.2, -0.15) is 0 Å². The van der Waals surface area contributed by atoms with E-state index < -0.39 is 0 Å². The van der Waals surface area contributed by atoms with Gasteiger partial charge in [0.1, 0.15) is 0 Å². The lowest BCUT2D eigenvalue weighted by Crippen LogP contribution is -2.29. The first-order chi connectivity index (χ1) is 6.79. The third-order valence-corrected chi connectivity index (χ3v) is 5.00. The van der Waals surface area contributed by atoms with E-state index in [1.807, 2.05) is 0 Å². The molecule has 2 aliphatic carbocycles. The molecule has 84 valence electrons. The monoisotopic (exact) mass is 206 g/mol. The summed E-state index contributed by atoms with van der Waals surface area (Å²) in [6.45, 7) is 11.4. The first-order valence-corrected chi connectivity index (χ1v) is 6.07. The maximum Gasteiger partial charge on any atom is 0.159 e. The summed E-state index contributed by atoms with van der Waals surface area (Å²) in [5.41, 5.74) is 2.92. The number of carbonyl (C=O) groups is 1. The molecule has 0 aromatic heterocycles. The second kappa shape index (κ2) is 2.96. The van der Waals surface area contributed by atoms with Crippen LogP contribution in [0.2, 0.25) is 0 Å². The highest BCUT2D eigenvalue weighted by Gasteiger charge is 2.52. The van der Waals surface area contributed by atoms with Gasteiger partial charge in [-0.1, -0.05) is 40.2 Å². The molecule has 0 fully saturated rings. The first-order valence-electron chi connectivity index (χ1n) is 6.07. The number of allylic oxidation sites excluding steroid dienone is 2. The fourth-order valence-electron chi connectivity index (χ4n) is 3.62. The largest absolute Gasteiger partial charge is 0.295 e. The highest BCUT2D eigenvalue weighted by Crippen LogP contribution is 2.59. The lowest BCUT2D eigenvalue weighted by molar-refractivity contribution is -0.117. The van der Waals surface area contributed by atoms with Crippen molar-refractivity contribution in [3.63, 3.8) is 0 Å². The molecule has 2 rings (SSSR count). The number of carbonyl (C=O) groups excluding carboxylic acids is 1. The molecule has 0 saturated carbocycles. The Morgan fingerprint density at radius 3 is 2.20 bits per heavy atom. The molecule has 1 atom stereocenters. The lowest BCUT2D eigenvalue weighted by Gasteiger charge is -2.34. The van der Waals surface area contributed by atoms with Crippen LogP contribution in [-0.4, -0.2) is 5.78 Å². The van der Waals surface area contributed by atoms with Crippen LogP contribution in [0, 0.1) is 16.7 Å². The minimum atomic E-state index is 0.0797. The minimum Gasteiger partial charge on any atom is -0.295 e. The normalized spacial score (nSPS) is 33.1. The number of hydrogen-bond acceptors (Lipinski definition) is 1. The van der Waals surface area contributed by atoms with Crippen molar-refractivity contribution in [2.45, 2.75) is 53.9 Å². The highest BCUT2D eigenvalue weighted by molar-refractivity contribution is 5.99. The zero-order chi connectivity index (χ0) is 11.4. The molecule has 0 N–H and O–H groups in total. The summed E-state index contributed by atoms with van der Waals surface area (Å²) < 4.78 is 0. The molecule has 0 aliphatic heterocycles. The van der Waals surface area contributed by atoms with Crippen molar-refractivity contribution in [2.24, 2.45) is 16.7 Å².